The number of hydrogen-bond donors (Lipinski definition) is 0. The van der Waals surface area contributed by atoms with E-state index >= 15 is 0 Å². The van der Waals surface area contributed by atoms with E-state index in [1.807, 2.05) is 6.07 Å². The van der Waals surface area contributed by atoms with Gasteiger partial charge in [0, 0.05) is 18.7 Å². The molecule has 2 heterocycles. The Labute approximate surface area is 161 Å². The SMILES string of the molecule is CN(CCc1ccc2c(c1)OCO2)C[C@@H]1CC[C@H]2CCOc3cccc1c32. The van der Waals surface area contributed by atoms with Gasteiger partial charge in [0.25, 0.3) is 0 Å². The largest absolute Gasteiger partial charge is 0.493 e. The van der Waals surface area contributed by atoms with Crippen LogP contribution >= 0.6 is 0 Å². The van der Waals surface area contributed by atoms with E-state index in [1.165, 1.54) is 36.0 Å². The van der Waals surface area contributed by atoms with Crippen molar-refractivity contribution in [2.24, 2.45) is 0 Å². The van der Waals surface area contributed by atoms with Gasteiger partial charge in [-0.3, -0.25) is 0 Å². The molecule has 0 saturated carbocycles. The molecule has 1 aliphatic carbocycles. The summed E-state index contributed by atoms with van der Waals surface area (Å²) >= 11 is 0. The first kappa shape index (κ1) is 16.9. The van der Waals surface area contributed by atoms with Crippen LogP contribution in [0, 0.1) is 0 Å². The molecule has 2 aromatic rings. The summed E-state index contributed by atoms with van der Waals surface area (Å²) in [5.41, 5.74) is 4.34. The van der Waals surface area contributed by atoms with Gasteiger partial charge < -0.3 is 19.1 Å². The van der Waals surface area contributed by atoms with E-state index in [1.54, 1.807) is 0 Å². The lowest BCUT2D eigenvalue weighted by atomic mass is 9.74. The van der Waals surface area contributed by atoms with Crippen molar-refractivity contribution in [3.05, 3.63) is 53.1 Å². The first-order chi connectivity index (χ1) is 13.3. The van der Waals surface area contributed by atoms with Crippen LogP contribution in [0.25, 0.3) is 0 Å². The summed E-state index contributed by atoms with van der Waals surface area (Å²) < 4.78 is 16.8. The second kappa shape index (κ2) is 7.08. The molecule has 3 aliphatic rings. The van der Waals surface area contributed by atoms with Gasteiger partial charge in [-0.2, -0.15) is 0 Å². The summed E-state index contributed by atoms with van der Waals surface area (Å²) in [6, 6.07) is 12.9. The fraction of sp³-hybridized carbons (Fsp3) is 0.478. The number of fused-ring (bicyclic) bond motifs is 1. The van der Waals surface area contributed by atoms with Gasteiger partial charge in [-0.15, -0.1) is 0 Å². The lowest BCUT2D eigenvalue weighted by Crippen LogP contribution is -2.30. The van der Waals surface area contributed by atoms with E-state index in [0.717, 1.165) is 43.4 Å². The Hall–Kier alpha value is -2.20. The molecule has 5 rings (SSSR count). The maximum atomic E-state index is 5.93. The molecule has 0 saturated heterocycles. The molecule has 0 spiro atoms. The summed E-state index contributed by atoms with van der Waals surface area (Å²) in [5, 5.41) is 0. The molecule has 0 radical (unpaired) electrons. The zero-order valence-corrected chi connectivity index (χ0v) is 15.9. The van der Waals surface area contributed by atoms with Crippen molar-refractivity contribution in [1.82, 2.24) is 4.90 Å². The number of nitrogens with zero attached hydrogens (tertiary/aromatic N) is 1. The lowest BCUT2D eigenvalue weighted by Gasteiger charge is -2.37. The number of benzene rings is 2. The van der Waals surface area contributed by atoms with Crippen molar-refractivity contribution in [1.29, 1.82) is 0 Å². The zero-order valence-electron chi connectivity index (χ0n) is 15.9. The molecule has 0 aromatic heterocycles. The number of likely N-dealkylation sites (N-methyl/N-ethyl adjacent to an activating group) is 1. The van der Waals surface area contributed by atoms with Crippen molar-refractivity contribution < 1.29 is 14.2 Å². The standard InChI is InChI=1S/C23H27NO3/c1-24(11-9-16-5-8-20-22(13-16)27-15-26-20)14-18-7-6-17-10-12-25-21-4-2-3-19(18)23(17)21/h2-5,8,13,17-18H,6-7,9-12,14-15H2,1H3/t17-,18-/m0/s1. The van der Waals surface area contributed by atoms with Crippen LogP contribution in [0.5, 0.6) is 17.2 Å². The highest BCUT2D eigenvalue weighted by Crippen LogP contribution is 2.47. The van der Waals surface area contributed by atoms with E-state index in [9.17, 15) is 0 Å². The van der Waals surface area contributed by atoms with Gasteiger partial charge in [-0.25, -0.2) is 0 Å². The minimum absolute atomic E-state index is 0.340. The van der Waals surface area contributed by atoms with Gasteiger partial charge in [-0.1, -0.05) is 18.2 Å². The summed E-state index contributed by atoms with van der Waals surface area (Å²) in [4.78, 5) is 2.47. The molecule has 0 fully saturated rings. The molecule has 4 heteroatoms. The van der Waals surface area contributed by atoms with Crippen molar-refractivity contribution in [2.45, 2.75) is 37.5 Å². The molecule has 0 amide bonds. The smallest absolute Gasteiger partial charge is 0.231 e. The van der Waals surface area contributed by atoms with Crippen LogP contribution in [0.2, 0.25) is 0 Å². The van der Waals surface area contributed by atoms with Gasteiger partial charge in [0.05, 0.1) is 6.61 Å². The first-order valence-corrected chi connectivity index (χ1v) is 10.1. The molecule has 27 heavy (non-hydrogen) atoms. The first-order valence-electron chi connectivity index (χ1n) is 10.1. The molecule has 2 aliphatic heterocycles. The van der Waals surface area contributed by atoms with E-state index in [0.29, 0.717) is 18.6 Å². The monoisotopic (exact) mass is 365 g/mol. The molecule has 4 nitrogen and oxygen atoms in total. The van der Waals surface area contributed by atoms with E-state index in [-0.39, 0.29) is 0 Å². The highest BCUT2D eigenvalue weighted by atomic mass is 16.7. The molecule has 0 unspecified atom stereocenters. The topological polar surface area (TPSA) is 30.9 Å². The average molecular weight is 365 g/mol. The second-order valence-corrected chi connectivity index (χ2v) is 8.07. The summed E-state index contributed by atoms with van der Waals surface area (Å²) in [6.07, 6.45) is 4.79. The van der Waals surface area contributed by atoms with E-state index in [2.05, 4.69) is 42.3 Å². The quantitative estimate of drug-likeness (QED) is 0.789. The third-order valence-electron chi connectivity index (χ3n) is 6.29. The van der Waals surface area contributed by atoms with Gasteiger partial charge in [0.2, 0.25) is 6.79 Å². The average Bonchev–Trinajstić information content (AvgIpc) is 3.17. The zero-order chi connectivity index (χ0) is 18.2. The van der Waals surface area contributed by atoms with E-state index in [4.69, 9.17) is 14.2 Å². The minimum Gasteiger partial charge on any atom is -0.493 e. The Kier molecular flexibility index (Phi) is 4.44. The highest BCUT2D eigenvalue weighted by molar-refractivity contribution is 5.47. The fourth-order valence-electron chi connectivity index (χ4n) is 4.86. The molecule has 0 bridgehead atoms. The predicted octanol–water partition coefficient (Wildman–Crippen LogP) is 4.33. The fourth-order valence-corrected chi connectivity index (χ4v) is 4.86. The molecule has 2 atom stereocenters. The number of ether oxygens (including phenoxy) is 3. The Balaban J connectivity index is 1.24. The van der Waals surface area contributed by atoms with Crippen LogP contribution in [0.15, 0.2) is 36.4 Å². The molecule has 142 valence electrons. The lowest BCUT2D eigenvalue weighted by molar-refractivity contribution is 0.174. The Morgan fingerprint density at radius 2 is 1.89 bits per heavy atom. The summed E-state index contributed by atoms with van der Waals surface area (Å²) in [5.74, 6) is 4.19. The van der Waals surface area contributed by atoms with Crippen LogP contribution in [-0.4, -0.2) is 38.4 Å². The van der Waals surface area contributed by atoms with Crippen molar-refractivity contribution in [2.75, 3.05) is 33.5 Å². The second-order valence-electron chi connectivity index (χ2n) is 8.07. The maximum Gasteiger partial charge on any atom is 0.231 e. The Morgan fingerprint density at radius 3 is 2.85 bits per heavy atom. The van der Waals surface area contributed by atoms with Crippen molar-refractivity contribution >= 4 is 0 Å². The number of hydrogen-bond acceptors (Lipinski definition) is 4. The van der Waals surface area contributed by atoms with Crippen molar-refractivity contribution in [3.63, 3.8) is 0 Å². The molecular formula is C23H27NO3. The predicted molar refractivity (Wildman–Crippen MR) is 105 cm³/mol. The van der Waals surface area contributed by atoms with Crippen LogP contribution in [-0.2, 0) is 6.42 Å². The van der Waals surface area contributed by atoms with Crippen molar-refractivity contribution in [3.8, 4) is 17.2 Å². The van der Waals surface area contributed by atoms with Gasteiger partial charge in [0.1, 0.15) is 5.75 Å². The summed E-state index contributed by atoms with van der Waals surface area (Å²) in [7, 11) is 2.24. The van der Waals surface area contributed by atoms with Gasteiger partial charge in [0.15, 0.2) is 11.5 Å². The normalized spacial score (nSPS) is 22.4. The Morgan fingerprint density at radius 1 is 0.963 bits per heavy atom. The molecular weight excluding hydrogens is 338 g/mol. The molecule has 2 aromatic carbocycles. The maximum absolute atomic E-state index is 5.93. The molecule has 0 N–H and O–H groups in total. The third kappa shape index (κ3) is 3.27. The van der Waals surface area contributed by atoms with Crippen LogP contribution in [0.1, 0.15) is 47.8 Å². The third-order valence-corrected chi connectivity index (χ3v) is 6.29. The highest BCUT2D eigenvalue weighted by Gasteiger charge is 2.32. The number of rotatable bonds is 5. The van der Waals surface area contributed by atoms with Gasteiger partial charge >= 0.3 is 0 Å². The summed E-state index contributed by atoms with van der Waals surface area (Å²) in [6.45, 7) is 3.37. The Bertz CT molecular complexity index is 834. The van der Waals surface area contributed by atoms with Gasteiger partial charge in [-0.05, 0) is 73.9 Å². The van der Waals surface area contributed by atoms with Crippen LogP contribution < -0.4 is 14.2 Å². The minimum atomic E-state index is 0.340. The van der Waals surface area contributed by atoms with Crippen LogP contribution in [0.3, 0.4) is 0 Å². The van der Waals surface area contributed by atoms with Crippen LogP contribution in [0.4, 0.5) is 0 Å². The van der Waals surface area contributed by atoms with E-state index < -0.39 is 0 Å².